The molecule has 0 aliphatic heterocycles. The van der Waals surface area contributed by atoms with Crippen molar-refractivity contribution in [2.24, 2.45) is 0 Å². The van der Waals surface area contributed by atoms with E-state index in [9.17, 15) is 9.59 Å². The number of nitrogens with one attached hydrogen (secondary N) is 1. The third-order valence-corrected chi connectivity index (χ3v) is 5.34. The maximum atomic E-state index is 12.8. The van der Waals surface area contributed by atoms with Crippen LogP contribution in [0.15, 0.2) is 94.5 Å². The highest BCUT2D eigenvalue weighted by Gasteiger charge is 2.12. The Morgan fingerprint density at radius 2 is 1.74 bits per heavy atom. The lowest BCUT2D eigenvalue weighted by molar-refractivity contribution is -0.134. The van der Waals surface area contributed by atoms with Crippen LogP contribution in [0.2, 0.25) is 0 Å². The Morgan fingerprint density at radius 3 is 2.61 bits per heavy atom. The number of benzene rings is 3. The quantitative estimate of drug-likeness (QED) is 0.308. The molecule has 0 fully saturated rings. The third kappa shape index (κ3) is 3.73. The van der Waals surface area contributed by atoms with E-state index >= 15 is 0 Å². The molecule has 2 heterocycles. The molecule has 1 N–H and O–H groups in total. The Morgan fingerprint density at radius 1 is 0.935 bits per heavy atom. The van der Waals surface area contributed by atoms with Crippen LogP contribution in [-0.4, -0.2) is 11.0 Å². The molecule has 3 aromatic carbocycles. The van der Waals surface area contributed by atoms with Crippen molar-refractivity contribution in [1.82, 2.24) is 4.98 Å². The van der Waals surface area contributed by atoms with E-state index in [0.717, 1.165) is 22.0 Å². The van der Waals surface area contributed by atoms with Gasteiger partial charge in [0.1, 0.15) is 17.6 Å². The van der Waals surface area contributed by atoms with Gasteiger partial charge in [-0.05, 0) is 35.7 Å². The van der Waals surface area contributed by atoms with Crippen LogP contribution >= 0.6 is 0 Å². The molecular weight excluding hydrogens is 390 g/mol. The van der Waals surface area contributed by atoms with Crippen LogP contribution in [0.3, 0.4) is 0 Å². The van der Waals surface area contributed by atoms with Crippen molar-refractivity contribution in [3.63, 3.8) is 0 Å². The summed E-state index contributed by atoms with van der Waals surface area (Å²) in [6.45, 7) is 0. The summed E-state index contributed by atoms with van der Waals surface area (Å²) in [6, 6.07) is 22.2. The number of aromatic nitrogens is 1. The summed E-state index contributed by atoms with van der Waals surface area (Å²) < 4.78 is 11.1. The Balaban J connectivity index is 1.32. The summed E-state index contributed by atoms with van der Waals surface area (Å²) >= 11 is 0. The number of hydrogen-bond acceptors (Lipinski definition) is 4. The zero-order chi connectivity index (χ0) is 21.2. The van der Waals surface area contributed by atoms with Crippen molar-refractivity contribution >= 4 is 27.8 Å². The molecule has 0 aliphatic carbocycles. The van der Waals surface area contributed by atoms with Crippen LogP contribution in [0.25, 0.3) is 33.0 Å². The van der Waals surface area contributed by atoms with Crippen LogP contribution in [-0.2, 0) is 11.2 Å². The summed E-state index contributed by atoms with van der Waals surface area (Å²) in [6.07, 6.45) is 4.19. The van der Waals surface area contributed by atoms with Crippen molar-refractivity contribution in [1.29, 1.82) is 0 Å². The molecular formula is C26H19NO4. The molecule has 0 bridgehead atoms. The average Bonchev–Trinajstić information content (AvgIpc) is 3.22. The van der Waals surface area contributed by atoms with Crippen LogP contribution in [0.4, 0.5) is 0 Å². The van der Waals surface area contributed by atoms with E-state index in [2.05, 4.69) is 4.98 Å². The van der Waals surface area contributed by atoms with Crippen LogP contribution < -0.4 is 10.2 Å². The highest BCUT2D eigenvalue weighted by Crippen LogP contribution is 2.24. The van der Waals surface area contributed by atoms with Gasteiger partial charge in [-0.1, -0.05) is 48.5 Å². The van der Waals surface area contributed by atoms with Crippen molar-refractivity contribution in [2.45, 2.75) is 12.8 Å². The number of hydrogen-bond donors (Lipinski definition) is 1. The first-order valence-electron chi connectivity index (χ1n) is 10.1. The molecule has 0 saturated heterocycles. The second-order valence-corrected chi connectivity index (χ2v) is 7.34. The molecule has 5 heteroatoms. The van der Waals surface area contributed by atoms with Gasteiger partial charge in [0.15, 0.2) is 5.43 Å². The number of aromatic amines is 1. The second-order valence-electron chi connectivity index (χ2n) is 7.34. The van der Waals surface area contributed by atoms with Crippen molar-refractivity contribution in [3.05, 3.63) is 101 Å². The molecule has 0 spiro atoms. The van der Waals surface area contributed by atoms with Crippen molar-refractivity contribution in [3.8, 4) is 16.9 Å². The van der Waals surface area contributed by atoms with E-state index < -0.39 is 0 Å². The summed E-state index contributed by atoms with van der Waals surface area (Å²) in [5.41, 5.74) is 3.68. The molecule has 152 valence electrons. The maximum absolute atomic E-state index is 12.8. The molecule has 5 nitrogen and oxygen atoms in total. The first kappa shape index (κ1) is 18.9. The fraction of sp³-hybridized carbons (Fsp3) is 0.0769. The van der Waals surface area contributed by atoms with Crippen LogP contribution in [0.1, 0.15) is 12.0 Å². The monoisotopic (exact) mass is 409 g/mol. The fourth-order valence-electron chi connectivity index (χ4n) is 3.75. The van der Waals surface area contributed by atoms with E-state index in [0.29, 0.717) is 28.7 Å². The van der Waals surface area contributed by atoms with Crippen LogP contribution in [0.5, 0.6) is 5.75 Å². The molecule has 5 aromatic rings. The number of rotatable bonds is 5. The minimum absolute atomic E-state index is 0.121. The largest absolute Gasteiger partial charge is 0.463 e. The van der Waals surface area contributed by atoms with Gasteiger partial charge in [-0.25, -0.2) is 0 Å². The van der Waals surface area contributed by atoms with E-state index in [1.807, 2.05) is 60.8 Å². The lowest BCUT2D eigenvalue weighted by Gasteiger charge is -2.06. The first-order valence-corrected chi connectivity index (χ1v) is 10.1. The topological polar surface area (TPSA) is 72.3 Å². The maximum Gasteiger partial charge on any atom is 0.311 e. The third-order valence-electron chi connectivity index (χ3n) is 5.34. The molecule has 0 saturated carbocycles. The highest BCUT2D eigenvalue weighted by molar-refractivity contribution is 5.85. The minimum atomic E-state index is -0.340. The predicted octanol–water partition coefficient (Wildman–Crippen LogP) is 5.48. The van der Waals surface area contributed by atoms with E-state index in [-0.39, 0.29) is 17.8 Å². The van der Waals surface area contributed by atoms with Gasteiger partial charge in [0.05, 0.1) is 17.4 Å². The summed E-state index contributed by atoms with van der Waals surface area (Å²) in [7, 11) is 0. The van der Waals surface area contributed by atoms with Crippen LogP contribution in [0, 0.1) is 0 Å². The summed E-state index contributed by atoms with van der Waals surface area (Å²) in [5, 5.41) is 1.55. The first-order chi connectivity index (χ1) is 15.2. The fourth-order valence-corrected chi connectivity index (χ4v) is 3.75. The summed E-state index contributed by atoms with van der Waals surface area (Å²) in [4.78, 5) is 28.4. The predicted molar refractivity (Wildman–Crippen MR) is 120 cm³/mol. The Bertz CT molecular complexity index is 1450. The molecule has 5 rings (SSSR count). The normalized spacial score (nSPS) is 11.1. The van der Waals surface area contributed by atoms with Gasteiger partial charge < -0.3 is 14.1 Å². The summed E-state index contributed by atoms with van der Waals surface area (Å²) in [5.74, 6) is 0.0138. The Labute approximate surface area is 177 Å². The van der Waals surface area contributed by atoms with Gasteiger partial charge in [0.25, 0.3) is 0 Å². The molecule has 2 aromatic heterocycles. The lowest BCUT2D eigenvalue weighted by atomic mass is 10.1. The van der Waals surface area contributed by atoms with Gasteiger partial charge >= 0.3 is 5.97 Å². The van der Waals surface area contributed by atoms with E-state index in [1.54, 1.807) is 18.2 Å². The van der Waals surface area contributed by atoms with E-state index in [1.165, 1.54) is 6.26 Å². The number of esters is 1. The number of ether oxygens (including phenoxy) is 1. The number of aryl methyl sites for hydroxylation is 1. The second kappa shape index (κ2) is 7.95. The molecule has 0 aliphatic rings. The van der Waals surface area contributed by atoms with Gasteiger partial charge in [-0.2, -0.15) is 0 Å². The lowest BCUT2D eigenvalue weighted by Crippen LogP contribution is -2.09. The van der Waals surface area contributed by atoms with Gasteiger partial charge in [-0.3, -0.25) is 9.59 Å². The average molecular weight is 409 g/mol. The molecule has 0 radical (unpaired) electrons. The van der Waals surface area contributed by atoms with Crippen molar-refractivity contribution in [2.75, 3.05) is 0 Å². The molecule has 0 amide bonds. The Kier molecular flexibility index (Phi) is 4.84. The number of carbonyl (C=O) groups excluding carboxylic acids is 1. The van der Waals surface area contributed by atoms with Crippen molar-refractivity contribution < 1.29 is 13.9 Å². The molecule has 0 atom stereocenters. The standard InChI is InChI=1S/C26H19NO4/c28-25(13-10-18-15-27-23-9-5-4-8-20(18)23)31-19-11-12-21-24(14-19)30-16-22(26(21)29)17-6-2-1-3-7-17/h1-9,11-12,14-16,27H,10,13H2. The highest BCUT2D eigenvalue weighted by atomic mass is 16.5. The molecule has 0 unspecified atom stereocenters. The smallest absolute Gasteiger partial charge is 0.311 e. The molecule has 31 heavy (non-hydrogen) atoms. The number of carbonyl (C=O) groups is 1. The SMILES string of the molecule is O=C(CCc1c[nH]c2ccccc12)Oc1ccc2c(=O)c(-c3ccccc3)coc2c1. The van der Waals surface area contributed by atoms with E-state index in [4.69, 9.17) is 9.15 Å². The minimum Gasteiger partial charge on any atom is -0.463 e. The zero-order valence-electron chi connectivity index (χ0n) is 16.6. The zero-order valence-corrected chi connectivity index (χ0v) is 16.6. The van der Waals surface area contributed by atoms with Gasteiger partial charge in [-0.15, -0.1) is 0 Å². The van der Waals surface area contributed by atoms with Gasteiger partial charge in [0.2, 0.25) is 0 Å². The number of fused-ring (bicyclic) bond motifs is 2. The van der Waals surface area contributed by atoms with Gasteiger partial charge in [0, 0.05) is 23.2 Å². The number of H-pyrrole nitrogens is 1. The Hall–Kier alpha value is -4.12. The number of para-hydroxylation sites is 1.